The zero-order chi connectivity index (χ0) is 31.8. The Morgan fingerprint density at radius 3 is 2.45 bits per heavy atom. The quantitative estimate of drug-likeness (QED) is 0.267. The molecule has 3 heterocycles. The molecule has 236 valence electrons. The minimum atomic E-state index is -3.57. The van der Waals surface area contributed by atoms with Crippen LogP contribution < -0.4 is 10.6 Å². The van der Waals surface area contributed by atoms with Crippen LogP contribution in [0.2, 0.25) is 0 Å². The number of alkyl carbamates (subject to hydrolysis) is 1. The number of nitrogens with one attached hydrogen (secondary N) is 2. The monoisotopic (exact) mass is 622 g/mol. The summed E-state index contributed by atoms with van der Waals surface area (Å²) in [4.78, 5) is 25.9. The number of aryl methyl sites for hydroxylation is 2. The molecule has 1 aliphatic heterocycles. The van der Waals surface area contributed by atoms with E-state index in [1.807, 2.05) is 64.4 Å². The maximum Gasteiger partial charge on any atom is 0.407 e. The predicted octanol–water partition coefficient (Wildman–Crippen LogP) is 5.51. The van der Waals surface area contributed by atoms with Gasteiger partial charge in [-0.15, -0.1) is 0 Å². The minimum absolute atomic E-state index is 0.202. The number of rotatable bonds is 8. The molecule has 5 rings (SSSR count). The summed E-state index contributed by atoms with van der Waals surface area (Å²) in [5, 5.41) is 12.0. The van der Waals surface area contributed by atoms with Gasteiger partial charge in [0, 0.05) is 47.8 Å². The van der Waals surface area contributed by atoms with Gasteiger partial charge in [0.1, 0.15) is 11.6 Å². The Morgan fingerprint density at radius 2 is 1.75 bits per heavy atom. The van der Waals surface area contributed by atoms with E-state index in [0.717, 1.165) is 52.2 Å². The fraction of sp³-hybridized carbons (Fsp3) is 0.469. The molecule has 1 fully saturated rings. The van der Waals surface area contributed by atoms with Crippen LogP contribution in [0.4, 0.5) is 10.5 Å². The highest BCUT2D eigenvalue weighted by atomic mass is 32.2. The third-order valence-corrected chi connectivity index (χ3v) is 9.89. The molecule has 0 aliphatic carbocycles. The molecule has 44 heavy (non-hydrogen) atoms. The molecule has 12 heteroatoms. The van der Waals surface area contributed by atoms with E-state index in [4.69, 9.17) is 4.74 Å². The summed E-state index contributed by atoms with van der Waals surface area (Å²) in [5.41, 5.74) is 3.51. The van der Waals surface area contributed by atoms with Crippen molar-refractivity contribution in [1.82, 2.24) is 24.0 Å². The first-order valence-electron chi connectivity index (χ1n) is 15.1. The third-order valence-electron chi connectivity index (χ3n) is 7.99. The van der Waals surface area contributed by atoms with Gasteiger partial charge < -0.3 is 19.9 Å². The molecule has 2 aromatic carbocycles. The van der Waals surface area contributed by atoms with Gasteiger partial charge in [0.25, 0.3) is 0 Å². The van der Waals surface area contributed by atoms with E-state index >= 15 is 0 Å². The number of carbonyl (C=O) groups excluding carboxylic acids is 2. The molecule has 0 saturated carbocycles. The summed E-state index contributed by atoms with van der Waals surface area (Å²) in [5.74, 6) is -0.202. The Kier molecular flexibility index (Phi) is 8.77. The van der Waals surface area contributed by atoms with E-state index in [-0.39, 0.29) is 10.8 Å². The molecule has 1 atom stereocenters. The summed E-state index contributed by atoms with van der Waals surface area (Å²) in [7, 11) is -3.57. The van der Waals surface area contributed by atoms with Crippen LogP contribution >= 0.6 is 0 Å². The zero-order valence-corrected chi connectivity index (χ0v) is 27.1. The SMILES string of the molecule is Cc1cc2cnn(CCNC(=O)OC(C)(C)C)c2cc1NC(=O)C(C)n1cc(C)c2cc(S(=O)(=O)N3CCCCC3)ccc21. The van der Waals surface area contributed by atoms with Crippen molar-refractivity contribution >= 4 is 49.5 Å². The van der Waals surface area contributed by atoms with Gasteiger partial charge in [-0.05, 0) is 95.8 Å². The van der Waals surface area contributed by atoms with Gasteiger partial charge in [-0.3, -0.25) is 9.48 Å². The second kappa shape index (κ2) is 12.2. The highest BCUT2D eigenvalue weighted by Crippen LogP contribution is 2.30. The molecule has 2 amide bonds. The molecule has 0 radical (unpaired) electrons. The topological polar surface area (TPSA) is 128 Å². The normalized spacial score (nSPS) is 15.4. The molecule has 11 nitrogen and oxygen atoms in total. The Morgan fingerprint density at radius 1 is 1.02 bits per heavy atom. The number of sulfonamides is 1. The predicted molar refractivity (Wildman–Crippen MR) is 171 cm³/mol. The number of benzene rings is 2. The molecule has 1 unspecified atom stereocenters. The van der Waals surface area contributed by atoms with Crippen molar-refractivity contribution in [2.24, 2.45) is 0 Å². The van der Waals surface area contributed by atoms with Gasteiger partial charge in [-0.2, -0.15) is 9.40 Å². The summed E-state index contributed by atoms with van der Waals surface area (Å²) >= 11 is 0. The Balaban J connectivity index is 1.32. The van der Waals surface area contributed by atoms with E-state index in [2.05, 4.69) is 15.7 Å². The molecular weight excluding hydrogens is 580 g/mol. The smallest absolute Gasteiger partial charge is 0.407 e. The van der Waals surface area contributed by atoms with Crippen LogP contribution in [0.15, 0.2) is 47.6 Å². The van der Waals surface area contributed by atoms with Crippen LogP contribution in [0.3, 0.4) is 0 Å². The molecule has 2 aromatic heterocycles. The number of hydrogen-bond donors (Lipinski definition) is 2. The molecule has 1 saturated heterocycles. The van der Waals surface area contributed by atoms with Crippen molar-refractivity contribution in [2.75, 3.05) is 25.0 Å². The average molecular weight is 623 g/mol. The number of carbonyl (C=O) groups is 2. The van der Waals surface area contributed by atoms with Crippen LogP contribution in [0, 0.1) is 13.8 Å². The van der Waals surface area contributed by atoms with Crippen molar-refractivity contribution in [1.29, 1.82) is 0 Å². The van der Waals surface area contributed by atoms with Gasteiger partial charge in [-0.25, -0.2) is 13.2 Å². The minimum Gasteiger partial charge on any atom is -0.444 e. The largest absolute Gasteiger partial charge is 0.444 e. The van der Waals surface area contributed by atoms with Gasteiger partial charge in [0.2, 0.25) is 15.9 Å². The number of aromatic nitrogens is 3. The van der Waals surface area contributed by atoms with Crippen molar-refractivity contribution < 1.29 is 22.7 Å². The maximum absolute atomic E-state index is 13.6. The van der Waals surface area contributed by atoms with E-state index in [1.54, 1.807) is 33.4 Å². The molecular formula is C32H42N6O5S. The van der Waals surface area contributed by atoms with Crippen molar-refractivity contribution in [2.45, 2.75) is 83.9 Å². The highest BCUT2D eigenvalue weighted by Gasteiger charge is 2.27. The van der Waals surface area contributed by atoms with Crippen molar-refractivity contribution in [3.05, 3.63) is 53.9 Å². The number of fused-ring (bicyclic) bond motifs is 2. The Hall–Kier alpha value is -3.90. The fourth-order valence-corrected chi connectivity index (χ4v) is 7.18. The first-order valence-corrected chi connectivity index (χ1v) is 16.5. The molecule has 0 bridgehead atoms. The number of hydrogen-bond acceptors (Lipinski definition) is 6. The van der Waals surface area contributed by atoms with Gasteiger partial charge in [-0.1, -0.05) is 6.42 Å². The lowest BCUT2D eigenvalue weighted by Gasteiger charge is -2.26. The standard InChI is InChI=1S/C32H42N6O5S/c1-21-16-24-19-34-38(15-12-33-31(40)43-32(4,5)6)29(24)18-27(21)35-30(39)23(3)37-20-22(2)26-17-25(10-11-28(26)37)44(41,42)36-13-8-7-9-14-36/h10-11,16-20,23H,7-9,12-15H2,1-6H3,(H,33,40)(H,35,39). The lowest BCUT2D eigenvalue weighted by molar-refractivity contribution is -0.118. The second-order valence-corrected chi connectivity index (χ2v) is 14.5. The van der Waals surface area contributed by atoms with E-state index < -0.39 is 27.8 Å². The zero-order valence-electron chi connectivity index (χ0n) is 26.3. The first-order chi connectivity index (χ1) is 20.7. The molecule has 1 aliphatic rings. The average Bonchev–Trinajstić information content (AvgIpc) is 3.51. The summed E-state index contributed by atoms with van der Waals surface area (Å²) in [6.07, 6.45) is 5.98. The van der Waals surface area contributed by atoms with Crippen LogP contribution in [0.5, 0.6) is 0 Å². The van der Waals surface area contributed by atoms with Crippen LogP contribution in [-0.4, -0.2) is 64.3 Å². The molecule has 4 aromatic rings. The number of piperidine rings is 1. The highest BCUT2D eigenvalue weighted by molar-refractivity contribution is 7.89. The van der Waals surface area contributed by atoms with Crippen LogP contribution in [0.25, 0.3) is 21.8 Å². The Labute approximate surface area is 258 Å². The van der Waals surface area contributed by atoms with E-state index in [9.17, 15) is 18.0 Å². The van der Waals surface area contributed by atoms with Crippen LogP contribution in [-0.2, 0) is 26.1 Å². The summed E-state index contributed by atoms with van der Waals surface area (Å²) < 4.78 is 37.1. The lowest BCUT2D eigenvalue weighted by Crippen LogP contribution is -2.35. The Bertz CT molecular complexity index is 1810. The maximum atomic E-state index is 13.6. The summed E-state index contributed by atoms with van der Waals surface area (Å²) in [6.45, 7) is 13.0. The second-order valence-electron chi connectivity index (χ2n) is 12.6. The van der Waals surface area contributed by atoms with Crippen molar-refractivity contribution in [3.8, 4) is 0 Å². The van der Waals surface area contributed by atoms with Gasteiger partial charge in [0.15, 0.2) is 0 Å². The molecule has 2 N–H and O–H groups in total. The van der Waals surface area contributed by atoms with Crippen LogP contribution in [0.1, 0.15) is 64.1 Å². The number of amides is 2. The fourth-order valence-electron chi connectivity index (χ4n) is 5.63. The third kappa shape index (κ3) is 6.61. The lowest BCUT2D eigenvalue weighted by atomic mass is 10.1. The number of nitrogens with zero attached hydrogens (tertiary/aromatic N) is 4. The first kappa shape index (κ1) is 31.5. The molecule has 0 spiro atoms. The van der Waals surface area contributed by atoms with Gasteiger partial charge in [0.05, 0.1) is 23.2 Å². The number of anilines is 1. The van der Waals surface area contributed by atoms with Gasteiger partial charge >= 0.3 is 6.09 Å². The number of ether oxygens (including phenoxy) is 1. The van der Waals surface area contributed by atoms with Crippen molar-refractivity contribution in [3.63, 3.8) is 0 Å². The summed E-state index contributed by atoms with van der Waals surface area (Å²) in [6, 6.07) is 8.47. The van der Waals surface area contributed by atoms with E-state index in [0.29, 0.717) is 31.9 Å². The van der Waals surface area contributed by atoms with E-state index in [1.165, 1.54) is 0 Å².